The van der Waals surface area contributed by atoms with E-state index in [1.54, 1.807) is 12.1 Å². The third-order valence-corrected chi connectivity index (χ3v) is 4.39. The molecule has 1 saturated carbocycles. The lowest BCUT2D eigenvalue weighted by Gasteiger charge is -2.34. The second kappa shape index (κ2) is 7.32. The van der Waals surface area contributed by atoms with Gasteiger partial charge >= 0.3 is 0 Å². The molecule has 1 aromatic carbocycles. The Morgan fingerprint density at radius 3 is 2.50 bits per heavy atom. The summed E-state index contributed by atoms with van der Waals surface area (Å²) in [7, 11) is 0. The van der Waals surface area contributed by atoms with Crippen LogP contribution in [0.15, 0.2) is 34.9 Å². The zero-order chi connectivity index (χ0) is 16.4. The highest BCUT2D eigenvalue weighted by Crippen LogP contribution is 2.37. The number of halogens is 1. The van der Waals surface area contributed by atoms with E-state index in [0.717, 1.165) is 19.3 Å². The molecule has 1 fully saturated rings. The van der Waals surface area contributed by atoms with Crippen molar-refractivity contribution in [2.45, 2.75) is 44.7 Å². The van der Waals surface area contributed by atoms with E-state index in [4.69, 9.17) is 10.3 Å². The van der Waals surface area contributed by atoms with E-state index in [1.807, 2.05) is 32.0 Å². The van der Waals surface area contributed by atoms with Crippen LogP contribution in [0.25, 0.3) is 0 Å². The summed E-state index contributed by atoms with van der Waals surface area (Å²) in [4.78, 5) is 16.8. The first-order valence-electron chi connectivity index (χ1n) is 7.98. The fourth-order valence-electron chi connectivity index (χ4n) is 2.67. The maximum atomic E-state index is 12.4. The van der Waals surface area contributed by atoms with Gasteiger partial charge < -0.3 is 15.6 Å². The van der Waals surface area contributed by atoms with Crippen molar-refractivity contribution in [1.82, 2.24) is 15.5 Å². The van der Waals surface area contributed by atoms with Gasteiger partial charge in [0.1, 0.15) is 6.04 Å². The largest absolute Gasteiger partial charge is 0.340 e. The van der Waals surface area contributed by atoms with Gasteiger partial charge in [0.05, 0.1) is 5.54 Å². The van der Waals surface area contributed by atoms with Crippen LogP contribution in [0.3, 0.4) is 0 Å². The molecule has 3 rings (SSSR count). The molecule has 1 aliphatic carbocycles. The van der Waals surface area contributed by atoms with E-state index in [9.17, 15) is 4.79 Å². The smallest absolute Gasteiger partial charge is 0.251 e. The second-order valence-electron chi connectivity index (χ2n) is 6.53. The van der Waals surface area contributed by atoms with Gasteiger partial charge in [0.2, 0.25) is 5.89 Å². The number of carbonyl (C=O) groups is 1. The molecule has 1 aliphatic rings. The zero-order valence-corrected chi connectivity index (χ0v) is 14.7. The van der Waals surface area contributed by atoms with Crippen LogP contribution in [0.1, 0.15) is 61.2 Å². The van der Waals surface area contributed by atoms with Gasteiger partial charge in [0, 0.05) is 5.56 Å². The third-order valence-electron chi connectivity index (χ3n) is 4.39. The van der Waals surface area contributed by atoms with Crippen molar-refractivity contribution < 1.29 is 9.32 Å². The SMILES string of the molecule is CC(C)C(NC(=O)c1ccccc1)c1nc(C2(N)CCC2)no1.Cl. The number of aromatic nitrogens is 2. The average molecular weight is 351 g/mol. The number of amides is 1. The van der Waals surface area contributed by atoms with Crippen molar-refractivity contribution in [3.63, 3.8) is 0 Å². The Morgan fingerprint density at radius 2 is 1.96 bits per heavy atom. The predicted molar refractivity (Wildman–Crippen MR) is 92.7 cm³/mol. The number of carbonyl (C=O) groups excluding carboxylic acids is 1. The van der Waals surface area contributed by atoms with Crippen LogP contribution in [-0.4, -0.2) is 16.0 Å². The molecule has 130 valence electrons. The normalized spacial score (nSPS) is 16.8. The lowest BCUT2D eigenvalue weighted by Crippen LogP contribution is -2.44. The Morgan fingerprint density at radius 1 is 1.29 bits per heavy atom. The minimum atomic E-state index is -0.466. The summed E-state index contributed by atoms with van der Waals surface area (Å²) in [6.45, 7) is 4.00. The molecule has 0 spiro atoms. The number of rotatable bonds is 5. The van der Waals surface area contributed by atoms with Gasteiger partial charge in [-0.25, -0.2) is 0 Å². The van der Waals surface area contributed by atoms with Gasteiger partial charge in [0.25, 0.3) is 5.91 Å². The molecule has 6 nitrogen and oxygen atoms in total. The van der Waals surface area contributed by atoms with Gasteiger partial charge in [-0.1, -0.05) is 37.2 Å². The van der Waals surface area contributed by atoms with Crippen LogP contribution in [0.2, 0.25) is 0 Å². The number of hydrogen-bond acceptors (Lipinski definition) is 5. The van der Waals surface area contributed by atoms with E-state index in [-0.39, 0.29) is 30.3 Å². The molecular weight excluding hydrogens is 328 g/mol. The molecule has 2 aromatic rings. The molecule has 1 atom stereocenters. The minimum Gasteiger partial charge on any atom is -0.340 e. The molecule has 1 amide bonds. The van der Waals surface area contributed by atoms with Gasteiger partial charge in [-0.15, -0.1) is 12.4 Å². The first-order chi connectivity index (χ1) is 11.0. The molecule has 0 radical (unpaired) electrons. The molecule has 24 heavy (non-hydrogen) atoms. The van der Waals surface area contributed by atoms with E-state index in [1.165, 1.54) is 0 Å². The second-order valence-corrected chi connectivity index (χ2v) is 6.53. The monoisotopic (exact) mass is 350 g/mol. The Balaban J connectivity index is 0.00000208. The maximum Gasteiger partial charge on any atom is 0.251 e. The first kappa shape index (κ1) is 18.4. The predicted octanol–water partition coefficient (Wildman–Crippen LogP) is 2.96. The van der Waals surface area contributed by atoms with E-state index in [0.29, 0.717) is 17.3 Å². The Hall–Kier alpha value is -1.92. The van der Waals surface area contributed by atoms with E-state index < -0.39 is 5.54 Å². The number of nitrogens with zero attached hydrogens (tertiary/aromatic N) is 2. The van der Waals surface area contributed by atoms with Crippen molar-refractivity contribution in [2.75, 3.05) is 0 Å². The lowest BCUT2D eigenvalue weighted by molar-refractivity contribution is 0.0914. The number of nitrogens with one attached hydrogen (secondary N) is 1. The minimum absolute atomic E-state index is 0. The quantitative estimate of drug-likeness (QED) is 0.864. The van der Waals surface area contributed by atoms with Crippen LogP contribution >= 0.6 is 12.4 Å². The molecule has 1 aromatic heterocycles. The topological polar surface area (TPSA) is 94.0 Å². The third kappa shape index (κ3) is 3.60. The fourth-order valence-corrected chi connectivity index (χ4v) is 2.67. The van der Waals surface area contributed by atoms with Crippen molar-refractivity contribution >= 4 is 18.3 Å². The molecule has 0 bridgehead atoms. The summed E-state index contributed by atoms with van der Waals surface area (Å²) in [5, 5.41) is 7.00. The van der Waals surface area contributed by atoms with Crippen LogP contribution in [0, 0.1) is 5.92 Å². The number of benzene rings is 1. The maximum absolute atomic E-state index is 12.4. The van der Waals surface area contributed by atoms with Crippen molar-refractivity contribution in [2.24, 2.45) is 11.7 Å². The number of nitrogens with two attached hydrogens (primary N) is 1. The van der Waals surface area contributed by atoms with Gasteiger partial charge in [0.15, 0.2) is 5.82 Å². The fraction of sp³-hybridized carbons (Fsp3) is 0.471. The highest BCUT2D eigenvalue weighted by atomic mass is 35.5. The standard InChI is InChI=1S/C17H22N4O2.ClH/c1-11(2)13(19-14(22)12-7-4-3-5-8-12)15-20-16(21-23-15)17(18)9-6-10-17;/h3-5,7-8,11,13H,6,9-10,18H2,1-2H3,(H,19,22);1H. The van der Waals surface area contributed by atoms with Crippen molar-refractivity contribution in [3.05, 3.63) is 47.6 Å². The van der Waals surface area contributed by atoms with E-state index in [2.05, 4.69) is 15.5 Å². The summed E-state index contributed by atoms with van der Waals surface area (Å²) in [5.41, 5.74) is 6.37. The molecule has 3 N–H and O–H groups in total. The Kier molecular flexibility index (Phi) is 5.62. The van der Waals surface area contributed by atoms with Crippen molar-refractivity contribution in [1.29, 1.82) is 0 Å². The zero-order valence-electron chi connectivity index (χ0n) is 13.9. The Bertz CT molecular complexity index is 683. The van der Waals surface area contributed by atoms with Crippen LogP contribution < -0.4 is 11.1 Å². The molecule has 1 unspecified atom stereocenters. The van der Waals surface area contributed by atoms with E-state index >= 15 is 0 Å². The van der Waals surface area contributed by atoms with Crippen LogP contribution in [-0.2, 0) is 5.54 Å². The summed E-state index contributed by atoms with van der Waals surface area (Å²) < 4.78 is 5.39. The average Bonchev–Trinajstić information content (AvgIpc) is 3.00. The lowest BCUT2D eigenvalue weighted by atomic mass is 9.77. The summed E-state index contributed by atoms with van der Waals surface area (Å²) in [5.74, 6) is 0.913. The van der Waals surface area contributed by atoms with Gasteiger partial charge in [-0.05, 0) is 37.3 Å². The highest BCUT2D eigenvalue weighted by molar-refractivity contribution is 5.94. The molecule has 0 saturated heterocycles. The summed E-state index contributed by atoms with van der Waals surface area (Å²) in [6.07, 6.45) is 2.82. The Labute approximate surface area is 147 Å². The first-order valence-corrected chi connectivity index (χ1v) is 7.98. The summed E-state index contributed by atoms with van der Waals surface area (Å²) >= 11 is 0. The van der Waals surface area contributed by atoms with Crippen molar-refractivity contribution in [3.8, 4) is 0 Å². The van der Waals surface area contributed by atoms with Gasteiger partial charge in [-0.3, -0.25) is 4.79 Å². The molecule has 0 aliphatic heterocycles. The molecule has 7 heteroatoms. The van der Waals surface area contributed by atoms with Gasteiger partial charge in [-0.2, -0.15) is 4.98 Å². The highest BCUT2D eigenvalue weighted by Gasteiger charge is 2.39. The molecule has 1 heterocycles. The summed E-state index contributed by atoms with van der Waals surface area (Å²) in [6, 6.07) is 8.75. The number of hydrogen-bond donors (Lipinski definition) is 2. The van der Waals surface area contributed by atoms with Crippen LogP contribution in [0.5, 0.6) is 0 Å². The molecular formula is C17H23ClN4O2. The van der Waals surface area contributed by atoms with Crippen LogP contribution in [0.4, 0.5) is 0 Å².